The second kappa shape index (κ2) is 3.63. The van der Waals surface area contributed by atoms with Crippen molar-refractivity contribution in [1.82, 2.24) is 4.90 Å². The lowest BCUT2D eigenvalue weighted by Gasteiger charge is -2.25. The first-order valence-corrected chi connectivity index (χ1v) is 5.59. The van der Waals surface area contributed by atoms with Gasteiger partial charge in [-0.15, -0.1) is 0 Å². The molecule has 3 rings (SSSR count). The molecule has 2 heteroatoms. The molecule has 1 aliphatic heterocycles. The average molecular weight is 211 g/mol. The summed E-state index contributed by atoms with van der Waals surface area (Å²) in [4.78, 5) is 14.0. The molecule has 80 valence electrons. The Morgan fingerprint density at radius 3 is 2.69 bits per heavy atom. The molecule has 1 unspecified atom stereocenters. The van der Waals surface area contributed by atoms with E-state index in [2.05, 4.69) is 35.5 Å². The Morgan fingerprint density at radius 2 is 1.88 bits per heavy atom. The molecule has 0 N–H and O–H groups in total. The van der Waals surface area contributed by atoms with Gasteiger partial charge >= 0.3 is 0 Å². The van der Waals surface area contributed by atoms with Crippen LogP contribution in [-0.4, -0.2) is 10.7 Å². The summed E-state index contributed by atoms with van der Waals surface area (Å²) in [6.07, 6.45) is 9.95. The standard InChI is InChI=1S/C14H13NO/c16-14-10-13(15-8-4-1-5-9-15)11-6-2-3-7-12(11)14/h2-9,13H,1,10H2. The predicted molar refractivity (Wildman–Crippen MR) is 62.9 cm³/mol. The molecule has 1 aromatic carbocycles. The van der Waals surface area contributed by atoms with E-state index < -0.39 is 0 Å². The molecule has 0 spiro atoms. The molecule has 2 nitrogen and oxygen atoms in total. The highest BCUT2D eigenvalue weighted by Crippen LogP contribution is 2.36. The van der Waals surface area contributed by atoms with Gasteiger partial charge in [-0.3, -0.25) is 4.79 Å². The molecular formula is C14H13NO. The van der Waals surface area contributed by atoms with Crippen LogP contribution in [0.2, 0.25) is 0 Å². The van der Waals surface area contributed by atoms with Gasteiger partial charge in [0.25, 0.3) is 0 Å². The van der Waals surface area contributed by atoms with E-state index in [0.717, 1.165) is 17.5 Å². The summed E-state index contributed by atoms with van der Waals surface area (Å²) in [5, 5.41) is 0. The van der Waals surface area contributed by atoms with Crippen molar-refractivity contribution in [3.63, 3.8) is 0 Å². The fourth-order valence-electron chi connectivity index (χ4n) is 2.40. The van der Waals surface area contributed by atoms with Crippen LogP contribution in [0.1, 0.15) is 34.8 Å². The average Bonchev–Trinajstić information content (AvgIpc) is 2.69. The molecule has 0 aromatic heterocycles. The normalized spacial score (nSPS) is 22.6. The summed E-state index contributed by atoms with van der Waals surface area (Å²) in [5.41, 5.74) is 2.04. The van der Waals surface area contributed by atoms with Crippen LogP contribution in [0.4, 0.5) is 0 Å². The fourth-order valence-corrected chi connectivity index (χ4v) is 2.40. The molecule has 1 aromatic rings. The van der Waals surface area contributed by atoms with Gasteiger partial charge in [0, 0.05) is 24.4 Å². The van der Waals surface area contributed by atoms with Gasteiger partial charge in [-0.05, 0) is 12.0 Å². The molecule has 0 saturated heterocycles. The van der Waals surface area contributed by atoms with Crippen LogP contribution in [0.3, 0.4) is 0 Å². The lowest BCUT2D eigenvalue weighted by molar-refractivity contribution is 0.0977. The van der Waals surface area contributed by atoms with Crippen LogP contribution in [-0.2, 0) is 0 Å². The minimum Gasteiger partial charge on any atom is -0.347 e. The second-order valence-corrected chi connectivity index (χ2v) is 4.18. The first-order valence-electron chi connectivity index (χ1n) is 5.59. The number of nitrogens with zero attached hydrogens (tertiary/aromatic N) is 1. The van der Waals surface area contributed by atoms with Gasteiger partial charge in [-0.25, -0.2) is 0 Å². The van der Waals surface area contributed by atoms with Gasteiger partial charge in [0.2, 0.25) is 0 Å². The number of allylic oxidation sites excluding steroid dienone is 2. The Bertz CT molecular complexity index is 475. The van der Waals surface area contributed by atoms with Gasteiger partial charge in [0.1, 0.15) is 0 Å². The second-order valence-electron chi connectivity index (χ2n) is 4.18. The molecule has 16 heavy (non-hydrogen) atoms. The van der Waals surface area contributed by atoms with Crippen molar-refractivity contribution in [3.8, 4) is 0 Å². The van der Waals surface area contributed by atoms with E-state index in [4.69, 9.17) is 0 Å². The summed E-state index contributed by atoms with van der Waals surface area (Å²) >= 11 is 0. The van der Waals surface area contributed by atoms with Crippen molar-refractivity contribution >= 4 is 5.78 Å². The highest BCUT2D eigenvalue weighted by atomic mass is 16.1. The van der Waals surface area contributed by atoms with Crippen molar-refractivity contribution in [2.75, 3.05) is 0 Å². The molecule has 0 radical (unpaired) electrons. The Labute approximate surface area is 94.9 Å². The van der Waals surface area contributed by atoms with Gasteiger partial charge in [0.15, 0.2) is 5.78 Å². The van der Waals surface area contributed by atoms with Crippen LogP contribution >= 0.6 is 0 Å². The summed E-state index contributed by atoms with van der Waals surface area (Å²) < 4.78 is 0. The number of fused-ring (bicyclic) bond motifs is 1. The smallest absolute Gasteiger partial charge is 0.165 e. The maximum Gasteiger partial charge on any atom is 0.165 e. The van der Waals surface area contributed by atoms with Crippen molar-refractivity contribution in [2.24, 2.45) is 0 Å². The van der Waals surface area contributed by atoms with Crippen LogP contribution < -0.4 is 0 Å². The van der Waals surface area contributed by atoms with Gasteiger partial charge in [-0.1, -0.05) is 36.4 Å². The number of hydrogen-bond acceptors (Lipinski definition) is 2. The van der Waals surface area contributed by atoms with E-state index in [1.165, 1.54) is 0 Å². The van der Waals surface area contributed by atoms with Crippen LogP contribution in [0.25, 0.3) is 0 Å². The molecule has 0 bridgehead atoms. The zero-order valence-corrected chi connectivity index (χ0v) is 8.97. The summed E-state index contributed by atoms with van der Waals surface area (Å²) in [7, 11) is 0. The van der Waals surface area contributed by atoms with Crippen molar-refractivity contribution < 1.29 is 4.79 Å². The highest BCUT2D eigenvalue weighted by Gasteiger charge is 2.31. The van der Waals surface area contributed by atoms with Crippen molar-refractivity contribution in [1.29, 1.82) is 0 Å². The lowest BCUT2D eigenvalue weighted by atomic mass is 10.1. The Hall–Kier alpha value is -1.83. The number of Topliss-reactive ketones (excluding diaryl/α,β-unsaturated/α-hetero) is 1. The van der Waals surface area contributed by atoms with E-state index in [1.807, 2.05) is 18.2 Å². The third-order valence-electron chi connectivity index (χ3n) is 3.19. The number of carbonyl (C=O) groups is 1. The van der Waals surface area contributed by atoms with Crippen LogP contribution in [0.15, 0.2) is 48.8 Å². The largest absolute Gasteiger partial charge is 0.347 e. The minimum atomic E-state index is 0.191. The summed E-state index contributed by atoms with van der Waals surface area (Å²) in [6.45, 7) is 0. The van der Waals surface area contributed by atoms with E-state index >= 15 is 0 Å². The molecule has 1 aliphatic carbocycles. The first-order chi connectivity index (χ1) is 7.86. The van der Waals surface area contributed by atoms with Crippen molar-refractivity contribution in [3.05, 3.63) is 59.9 Å². The van der Waals surface area contributed by atoms with E-state index in [1.54, 1.807) is 0 Å². The Balaban J connectivity index is 2.00. The molecule has 2 aliphatic rings. The number of ketones is 1. The molecule has 0 amide bonds. The highest BCUT2D eigenvalue weighted by molar-refractivity contribution is 6.01. The third kappa shape index (κ3) is 1.38. The van der Waals surface area contributed by atoms with Gasteiger partial charge in [0.05, 0.1) is 6.04 Å². The number of rotatable bonds is 1. The maximum absolute atomic E-state index is 11.8. The van der Waals surface area contributed by atoms with Crippen LogP contribution in [0.5, 0.6) is 0 Å². The molecule has 0 saturated carbocycles. The van der Waals surface area contributed by atoms with Gasteiger partial charge in [-0.2, -0.15) is 0 Å². The topological polar surface area (TPSA) is 20.3 Å². The maximum atomic E-state index is 11.8. The Morgan fingerprint density at radius 1 is 1.12 bits per heavy atom. The quantitative estimate of drug-likeness (QED) is 0.711. The fraction of sp³-hybridized carbons (Fsp3) is 0.214. The van der Waals surface area contributed by atoms with E-state index in [9.17, 15) is 4.79 Å². The Kier molecular flexibility index (Phi) is 2.13. The zero-order valence-electron chi connectivity index (χ0n) is 8.97. The number of benzene rings is 1. The van der Waals surface area contributed by atoms with Crippen LogP contribution in [0, 0.1) is 0 Å². The molecule has 1 atom stereocenters. The predicted octanol–water partition coefficient (Wildman–Crippen LogP) is 3.05. The third-order valence-corrected chi connectivity index (χ3v) is 3.19. The molecule has 1 heterocycles. The first kappa shape index (κ1) is 9.40. The number of carbonyl (C=O) groups excluding carboxylic acids is 1. The number of hydrogen-bond donors (Lipinski definition) is 0. The van der Waals surface area contributed by atoms with E-state index in [0.29, 0.717) is 6.42 Å². The van der Waals surface area contributed by atoms with Crippen molar-refractivity contribution in [2.45, 2.75) is 18.9 Å². The molecular weight excluding hydrogens is 198 g/mol. The van der Waals surface area contributed by atoms with E-state index in [-0.39, 0.29) is 11.8 Å². The summed E-state index contributed by atoms with van der Waals surface area (Å²) in [5.74, 6) is 0.257. The summed E-state index contributed by atoms with van der Waals surface area (Å²) in [6, 6.07) is 8.11. The van der Waals surface area contributed by atoms with Gasteiger partial charge < -0.3 is 4.90 Å². The molecule has 0 fully saturated rings. The zero-order chi connectivity index (χ0) is 11.0. The lowest BCUT2D eigenvalue weighted by Crippen LogP contribution is -2.17. The SMILES string of the molecule is O=C1CC(N2C=CCC=C2)c2ccccc21. The monoisotopic (exact) mass is 211 g/mol. The minimum absolute atomic E-state index is 0.191.